The van der Waals surface area contributed by atoms with Crippen molar-refractivity contribution in [3.63, 3.8) is 0 Å². The van der Waals surface area contributed by atoms with Crippen molar-refractivity contribution < 1.29 is 8.83 Å². The van der Waals surface area contributed by atoms with E-state index in [0.29, 0.717) is 0 Å². The Morgan fingerprint density at radius 1 is 0.333 bits per heavy atom. The van der Waals surface area contributed by atoms with Crippen molar-refractivity contribution in [3.05, 3.63) is 146 Å². The molecule has 2 heterocycles. The molecule has 0 bridgehead atoms. The van der Waals surface area contributed by atoms with Gasteiger partial charge in [-0.15, -0.1) is 0 Å². The van der Waals surface area contributed by atoms with Crippen LogP contribution >= 0.6 is 0 Å². The predicted molar refractivity (Wildman–Crippen MR) is 175 cm³/mol. The lowest BCUT2D eigenvalue weighted by Gasteiger charge is -2.19. The molecule has 0 radical (unpaired) electrons. The molecular weight excluding hydrogens is 512 g/mol. The van der Waals surface area contributed by atoms with Gasteiger partial charge in [0.15, 0.2) is 0 Å². The van der Waals surface area contributed by atoms with Crippen molar-refractivity contribution in [1.82, 2.24) is 0 Å². The van der Waals surface area contributed by atoms with Gasteiger partial charge in [0.25, 0.3) is 0 Å². The van der Waals surface area contributed by atoms with E-state index >= 15 is 0 Å². The van der Waals surface area contributed by atoms with Crippen molar-refractivity contribution in [2.24, 2.45) is 0 Å². The Hall–Kier alpha value is -5.60. The topological polar surface area (TPSA) is 26.3 Å². The van der Waals surface area contributed by atoms with Crippen molar-refractivity contribution in [2.75, 3.05) is 0 Å². The Labute approximate surface area is 242 Å². The zero-order valence-corrected chi connectivity index (χ0v) is 22.7. The van der Waals surface area contributed by atoms with E-state index in [1.807, 2.05) is 24.5 Å². The third-order valence-electron chi connectivity index (χ3n) is 8.55. The summed E-state index contributed by atoms with van der Waals surface area (Å²) in [5.74, 6) is 0. The lowest BCUT2D eigenvalue weighted by atomic mass is 9.84. The molecule has 7 aromatic carbocycles. The molecule has 0 atom stereocenters. The Bertz CT molecular complexity index is 2400. The van der Waals surface area contributed by atoms with E-state index in [-0.39, 0.29) is 0 Å². The Morgan fingerprint density at radius 3 is 1.57 bits per heavy atom. The fraction of sp³-hybridized carbons (Fsp3) is 0. The fourth-order valence-corrected chi connectivity index (χ4v) is 6.72. The van der Waals surface area contributed by atoms with Crippen LogP contribution in [0.5, 0.6) is 0 Å². The first-order valence-corrected chi connectivity index (χ1v) is 14.3. The second-order valence-corrected chi connectivity index (χ2v) is 10.8. The van der Waals surface area contributed by atoms with Gasteiger partial charge < -0.3 is 8.83 Å². The van der Waals surface area contributed by atoms with E-state index in [9.17, 15) is 0 Å². The molecule has 0 amide bonds. The molecule has 42 heavy (non-hydrogen) atoms. The highest BCUT2D eigenvalue weighted by Crippen LogP contribution is 2.48. The van der Waals surface area contributed by atoms with E-state index in [0.717, 1.165) is 38.5 Å². The summed E-state index contributed by atoms with van der Waals surface area (Å²) < 4.78 is 12.4. The zero-order chi connectivity index (χ0) is 27.6. The predicted octanol–water partition coefficient (Wildman–Crippen LogP) is 11.6. The average Bonchev–Trinajstić information content (AvgIpc) is 3.63. The monoisotopic (exact) mass is 536 g/mol. The summed E-state index contributed by atoms with van der Waals surface area (Å²) in [7, 11) is 0. The van der Waals surface area contributed by atoms with E-state index in [2.05, 4.69) is 121 Å². The number of hydrogen-bond donors (Lipinski definition) is 0. The first-order chi connectivity index (χ1) is 20.8. The Balaban J connectivity index is 1.40. The third kappa shape index (κ3) is 3.33. The molecule has 0 aliphatic carbocycles. The van der Waals surface area contributed by atoms with Gasteiger partial charge >= 0.3 is 0 Å². The van der Waals surface area contributed by atoms with Crippen molar-refractivity contribution in [2.45, 2.75) is 0 Å². The minimum Gasteiger partial charge on any atom is -0.464 e. The largest absolute Gasteiger partial charge is 0.464 e. The lowest BCUT2D eigenvalue weighted by molar-refractivity contribution is 0.614. The van der Waals surface area contributed by atoms with Gasteiger partial charge in [-0.1, -0.05) is 121 Å². The molecule has 0 N–H and O–H groups in total. The van der Waals surface area contributed by atoms with E-state index in [4.69, 9.17) is 8.83 Å². The maximum Gasteiger partial charge on any atom is 0.139 e. The van der Waals surface area contributed by atoms with E-state index in [1.54, 1.807) is 0 Å². The number of fused-ring (bicyclic) bond motifs is 6. The van der Waals surface area contributed by atoms with Crippen LogP contribution in [-0.4, -0.2) is 0 Å². The summed E-state index contributed by atoms with van der Waals surface area (Å²) in [4.78, 5) is 0. The smallest absolute Gasteiger partial charge is 0.139 e. The van der Waals surface area contributed by atoms with Gasteiger partial charge in [0, 0.05) is 33.4 Å². The van der Waals surface area contributed by atoms with Gasteiger partial charge in [-0.25, -0.2) is 0 Å². The highest BCUT2D eigenvalue weighted by atomic mass is 16.3. The number of para-hydroxylation sites is 1. The van der Waals surface area contributed by atoms with Crippen LogP contribution < -0.4 is 0 Å². The van der Waals surface area contributed by atoms with Gasteiger partial charge in [-0.2, -0.15) is 0 Å². The van der Waals surface area contributed by atoms with Gasteiger partial charge in [-0.3, -0.25) is 0 Å². The van der Waals surface area contributed by atoms with Crippen LogP contribution in [0.3, 0.4) is 0 Å². The van der Waals surface area contributed by atoms with Crippen LogP contribution in [0, 0.1) is 0 Å². The minimum absolute atomic E-state index is 0.822. The molecule has 0 aliphatic rings. The van der Waals surface area contributed by atoms with Crippen LogP contribution in [0.2, 0.25) is 0 Å². The summed E-state index contributed by atoms with van der Waals surface area (Å²) in [5, 5.41) is 8.15. The average molecular weight is 537 g/mol. The molecule has 2 nitrogen and oxygen atoms in total. The quantitative estimate of drug-likeness (QED) is 0.210. The zero-order valence-electron chi connectivity index (χ0n) is 22.7. The molecule has 9 rings (SSSR count). The van der Waals surface area contributed by atoms with Crippen molar-refractivity contribution >= 4 is 54.5 Å². The number of furan rings is 2. The van der Waals surface area contributed by atoms with Crippen molar-refractivity contribution in [3.8, 4) is 33.4 Å². The first kappa shape index (κ1) is 23.1. The Kier molecular flexibility index (Phi) is 4.93. The molecule has 196 valence electrons. The molecular formula is C40H24O2. The molecule has 0 spiro atoms. The van der Waals surface area contributed by atoms with Gasteiger partial charge in [0.1, 0.15) is 16.7 Å². The summed E-state index contributed by atoms with van der Waals surface area (Å²) in [6, 6.07) is 49.5. The van der Waals surface area contributed by atoms with Crippen LogP contribution in [-0.2, 0) is 0 Å². The van der Waals surface area contributed by atoms with Gasteiger partial charge in [-0.05, 0) is 55.9 Å². The second-order valence-electron chi connectivity index (χ2n) is 10.8. The lowest BCUT2D eigenvalue weighted by Crippen LogP contribution is -1.92. The molecule has 0 saturated carbocycles. The van der Waals surface area contributed by atoms with Gasteiger partial charge in [0.05, 0.1) is 6.26 Å². The standard InChI is InChI=1S/C40H24O2/c1-2-12-25(13-3-1)26-14-4-5-16-28(26)39-29-17-6-8-19-31(29)40(32-20-9-7-18-30(32)39)35-24-41-37-23-38-33(22-34(35)37)27-15-10-11-21-36(27)42-38/h1-24H. The van der Waals surface area contributed by atoms with Gasteiger partial charge in [0.2, 0.25) is 0 Å². The molecule has 0 saturated heterocycles. The molecule has 9 aromatic rings. The maximum absolute atomic E-state index is 6.24. The number of hydrogen-bond acceptors (Lipinski definition) is 2. The molecule has 0 aliphatic heterocycles. The maximum atomic E-state index is 6.24. The normalized spacial score (nSPS) is 11.8. The summed E-state index contributed by atoms with van der Waals surface area (Å²) in [6.45, 7) is 0. The minimum atomic E-state index is 0.822. The molecule has 0 unspecified atom stereocenters. The highest BCUT2D eigenvalue weighted by Gasteiger charge is 2.21. The molecule has 2 aromatic heterocycles. The van der Waals surface area contributed by atoms with Crippen LogP contribution in [0.15, 0.2) is 155 Å². The number of rotatable bonds is 3. The summed E-state index contributed by atoms with van der Waals surface area (Å²) in [6.07, 6.45) is 1.91. The Morgan fingerprint density at radius 2 is 0.881 bits per heavy atom. The second kappa shape index (κ2) is 8.95. The summed E-state index contributed by atoms with van der Waals surface area (Å²) >= 11 is 0. The molecule has 0 fully saturated rings. The first-order valence-electron chi connectivity index (χ1n) is 14.3. The number of benzene rings is 7. The van der Waals surface area contributed by atoms with Crippen LogP contribution in [0.4, 0.5) is 0 Å². The summed E-state index contributed by atoms with van der Waals surface area (Å²) in [5.41, 5.74) is 9.74. The SMILES string of the molecule is c1ccc(-c2ccccc2-c2c3ccccc3c(-c3coc4cc5oc6ccccc6c5cc34)c3ccccc23)cc1. The van der Waals surface area contributed by atoms with E-state index in [1.165, 1.54) is 49.4 Å². The van der Waals surface area contributed by atoms with Crippen LogP contribution in [0.25, 0.3) is 87.8 Å². The highest BCUT2D eigenvalue weighted by molar-refractivity contribution is 6.25. The van der Waals surface area contributed by atoms with E-state index < -0.39 is 0 Å². The fourth-order valence-electron chi connectivity index (χ4n) is 6.72. The molecule has 2 heteroatoms. The van der Waals surface area contributed by atoms with Crippen molar-refractivity contribution in [1.29, 1.82) is 0 Å². The third-order valence-corrected chi connectivity index (χ3v) is 8.55. The van der Waals surface area contributed by atoms with Crippen LogP contribution in [0.1, 0.15) is 0 Å².